The quantitative estimate of drug-likeness (QED) is 0.235. The maximum absolute atomic E-state index is 12.8. The number of aryl methyl sites for hydroxylation is 1. The highest BCUT2D eigenvalue weighted by atomic mass is 32.2. The summed E-state index contributed by atoms with van der Waals surface area (Å²) in [6.07, 6.45) is 1.77. The lowest BCUT2D eigenvalue weighted by Gasteiger charge is -2.12. The highest BCUT2D eigenvalue weighted by Gasteiger charge is 2.17. The van der Waals surface area contributed by atoms with Gasteiger partial charge in [0.2, 0.25) is 5.91 Å². The Kier molecular flexibility index (Phi) is 8.31. The van der Waals surface area contributed by atoms with E-state index in [1.54, 1.807) is 30.3 Å². The molecule has 8 heteroatoms. The van der Waals surface area contributed by atoms with Crippen LogP contribution in [0.25, 0.3) is 11.4 Å². The van der Waals surface area contributed by atoms with Crippen LogP contribution in [0.1, 0.15) is 21.5 Å². The molecule has 1 heterocycles. The van der Waals surface area contributed by atoms with Crippen molar-refractivity contribution in [1.82, 2.24) is 20.1 Å². The van der Waals surface area contributed by atoms with Gasteiger partial charge in [-0.3, -0.25) is 14.2 Å². The van der Waals surface area contributed by atoms with E-state index in [0.29, 0.717) is 35.3 Å². The van der Waals surface area contributed by atoms with Gasteiger partial charge >= 0.3 is 0 Å². The van der Waals surface area contributed by atoms with Crippen LogP contribution in [-0.2, 0) is 17.9 Å². The Morgan fingerprint density at radius 1 is 0.972 bits per heavy atom. The molecule has 2 amide bonds. The summed E-state index contributed by atoms with van der Waals surface area (Å²) < 4.78 is 1.92. The minimum absolute atomic E-state index is 0.114. The number of carbonyl (C=O) groups excluding carboxylic acids is 2. The van der Waals surface area contributed by atoms with Crippen LogP contribution in [0.15, 0.2) is 96.7 Å². The largest absolute Gasteiger partial charge is 0.348 e. The van der Waals surface area contributed by atoms with Crippen LogP contribution in [-0.4, -0.2) is 32.3 Å². The molecule has 0 atom stereocenters. The van der Waals surface area contributed by atoms with Crippen molar-refractivity contribution in [2.45, 2.75) is 25.2 Å². The van der Waals surface area contributed by atoms with Crippen molar-refractivity contribution >= 4 is 29.3 Å². The highest BCUT2D eigenvalue weighted by Crippen LogP contribution is 2.24. The Morgan fingerprint density at radius 3 is 2.44 bits per heavy atom. The molecule has 0 saturated heterocycles. The first kappa shape index (κ1) is 24.9. The highest BCUT2D eigenvalue weighted by molar-refractivity contribution is 7.99. The number of anilines is 1. The van der Waals surface area contributed by atoms with Gasteiger partial charge in [-0.25, -0.2) is 0 Å². The van der Waals surface area contributed by atoms with Gasteiger partial charge in [0, 0.05) is 18.7 Å². The van der Waals surface area contributed by atoms with Gasteiger partial charge in [-0.1, -0.05) is 90.1 Å². The standard InChI is InChI=1S/C28H27N5O2S/c1-3-17-33-26(22-9-5-4-6-10-22)31-32-28(33)36-19-25(34)30-24-12-8-7-11-23(24)27(35)29-18-21-15-13-20(2)14-16-21/h3-16H,1,17-19H2,2H3,(H,29,35)(H,30,34). The molecule has 0 aliphatic carbocycles. The van der Waals surface area contributed by atoms with E-state index in [4.69, 9.17) is 0 Å². The molecule has 0 saturated carbocycles. The number of carbonyl (C=O) groups is 2. The number of hydrogen-bond donors (Lipinski definition) is 2. The number of benzene rings is 3. The molecule has 0 bridgehead atoms. The zero-order valence-corrected chi connectivity index (χ0v) is 20.8. The molecule has 1 aromatic heterocycles. The maximum Gasteiger partial charge on any atom is 0.253 e. The number of allylic oxidation sites excluding steroid dienone is 1. The molecule has 182 valence electrons. The van der Waals surface area contributed by atoms with E-state index in [2.05, 4.69) is 27.4 Å². The van der Waals surface area contributed by atoms with Gasteiger partial charge in [0.15, 0.2) is 11.0 Å². The van der Waals surface area contributed by atoms with Crippen LogP contribution in [0.4, 0.5) is 5.69 Å². The maximum atomic E-state index is 12.8. The number of aromatic nitrogens is 3. The first-order valence-electron chi connectivity index (χ1n) is 11.5. The number of hydrogen-bond acceptors (Lipinski definition) is 5. The third-order valence-corrected chi connectivity index (χ3v) is 6.38. The molecular weight excluding hydrogens is 470 g/mol. The summed E-state index contributed by atoms with van der Waals surface area (Å²) in [5.41, 5.74) is 3.97. The Balaban J connectivity index is 1.40. The van der Waals surface area contributed by atoms with Crippen molar-refractivity contribution in [2.75, 3.05) is 11.1 Å². The molecule has 7 nitrogen and oxygen atoms in total. The summed E-state index contributed by atoms with van der Waals surface area (Å²) in [5.74, 6) is 0.336. The fourth-order valence-electron chi connectivity index (χ4n) is 3.58. The van der Waals surface area contributed by atoms with Gasteiger partial charge in [-0.05, 0) is 24.6 Å². The van der Waals surface area contributed by atoms with E-state index in [0.717, 1.165) is 16.7 Å². The summed E-state index contributed by atoms with van der Waals surface area (Å²) in [6.45, 7) is 6.76. The molecule has 0 fully saturated rings. The summed E-state index contributed by atoms with van der Waals surface area (Å²) >= 11 is 1.28. The fraction of sp³-hybridized carbons (Fsp3) is 0.143. The van der Waals surface area contributed by atoms with E-state index < -0.39 is 0 Å². The Labute approximate surface area is 214 Å². The summed E-state index contributed by atoms with van der Waals surface area (Å²) in [6, 6.07) is 24.7. The molecule has 0 unspecified atom stereocenters. The molecule has 36 heavy (non-hydrogen) atoms. The van der Waals surface area contributed by atoms with Crippen molar-refractivity contribution in [1.29, 1.82) is 0 Å². The van der Waals surface area contributed by atoms with E-state index >= 15 is 0 Å². The lowest BCUT2D eigenvalue weighted by atomic mass is 10.1. The molecule has 0 radical (unpaired) electrons. The zero-order valence-electron chi connectivity index (χ0n) is 20.0. The van der Waals surface area contributed by atoms with Crippen molar-refractivity contribution in [3.63, 3.8) is 0 Å². The number of nitrogens with zero attached hydrogens (tertiary/aromatic N) is 3. The van der Waals surface area contributed by atoms with Crippen LogP contribution >= 0.6 is 11.8 Å². The van der Waals surface area contributed by atoms with Crippen LogP contribution in [0.5, 0.6) is 0 Å². The van der Waals surface area contributed by atoms with Crippen molar-refractivity contribution in [3.8, 4) is 11.4 Å². The third kappa shape index (κ3) is 6.28. The second-order valence-electron chi connectivity index (χ2n) is 8.12. The monoisotopic (exact) mass is 497 g/mol. The van der Waals surface area contributed by atoms with E-state index in [-0.39, 0.29) is 17.6 Å². The number of thioether (sulfide) groups is 1. The van der Waals surface area contributed by atoms with Crippen molar-refractivity contribution in [2.24, 2.45) is 0 Å². The van der Waals surface area contributed by atoms with Gasteiger partial charge < -0.3 is 10.6 Å². The van der Waals surface area contributed by atoms with Crippen molar-refractivity contribution in [3.05, 3.63) is 108 Å². The first-order chi connectivity index (χ1) is 17.5. The normalized spacial score (nSPS) is 10.6. The summed E-state index contributed by atoms with van der Waals surface area (Å²) in [7, 11) is 0. The van der Waals surface area contributed by atoms with Gasteiger partial charge in [-0.15, -0.1) is 16.8 Å². The van der Waals surface area contributed by atoms with E-state index in [1.165, 1.54) is 11.8 Å². The molecule has 2 N–H and O–H groups in total. The Hall–Kier alpha value is -4.17. The average Bonchev–Trinajstić information content (AvgIpc) is 3.30. The second kappa shape index (κ2) is 12.0. The summed E-state index contributed by atoms with van der Waals surface area (Å²) in [5, 5.41) is 15.0. The van der Waals surface area contributed by atoms with Crippen molar-refractivity contribution < 1.29 is 9.59 Å². The molecule has 0 spiro atoms. The fourth-order valence-corrected chi connectivity index (χ4v) is 4.33. The number of rotatable bonds is 10. The van der Waals surface area contributed by atoms with Gasteiger partial charge in [0.1, 0.15) is 0 Å². The molecule has 4 rings (SSSR count). The lowest BCUT2D eigenvalue weighted by Crippen LogP contribution is -2.25. The van der Waals surface area contributed by atoms with E-state index in [1.807, 2.05) is 66.1 Å². The van der Waals surface area contributed by atoms with Crippen LogP contribution in [0, 0.1) is 6.92 Å². The summed E-state index contributed by atoms with van der Waals surface area (Å²) in [4.78, 5) is 25.6. The van der Waals surface area contributed by atoms with E-state index in [9.17, 15) is 9.59 Å². The number of amides is 2. The molecule has 4 aromatic rings. The van der Waals surface area contributed by atoms with Gasteiger partial charge in [-0.2, -0.15) is 0 Å². The molecule has 0 aliphatic heterocycles. The lowest BCUT2D eigenvalue weighted by molar-refractivity contribution is -0.113. The van der Waals surface area contributed by atoms with Gasteiger partial charge in [0.05, 0.1) is 17.0 Å². The second-order valence-corrected chi connectivity index (χ2v) is 9.06. The van der Waals surface area contributed by atoms with Crippen LogP contribution in [0.2, 0.25) is 0 Å². The van der Waals surface area contributed by atoms with Gasteiger partial charge in [0.25, 0.3) is 5.91 Å². The molecule has 3 aromatic carbocycles. The first-order valence-corrected chi connectivity index (χ1v) is 12.5. The molecular formula is C28H27N5O2S. The predicted molar refractivity (Wildman–Crippen MR) is 144 cm³/mol. The topological polar surface area (TPSA) is 88.9 Å². The van der Waals surface area contributed by atoms with Crippen LogP contribution in [0.3, 0.4) is 0 Å². The van der Waals surface area contributed by atoms with Crippen LogP contribution < -0.4 is 10.6 Å². The SMILES string of the molecule is C=CCn1c(SCC(=O)Nc2ccccc2C(=O)NCc2ccc(C)cc2)nnc1-c1ccccc1. The number of nitrogens with one attached hydrogen (secondary N) is 2. The Morgan fingerprint density at radius 2 is 1.69 bits per heavy atom. The minimum atomic E-state index is -0.252. The smallest absolute Gasteiger partial charge is 0.253 e. The minimum Gasteiger partial charge on any atom is -0.348 e. The third-order valence-electron chi connectivity index (χ3n) is 5.41. The zero-order chi connectivity index (χ0) is 25.3. The predicted octanol–water partition coefficient (Wildman–Crippen LogP) is 5.10. The number of para-hydroxylation sites is 1. The Bertz CT molecular complexity index is 1350. The molecule has 0 aliphatic rings. The average molecular weight is 498 g/mol.